The maximum absolute atomic E-state index is 3.36. The van der Waals surface area contributed by atoms with Gasteiger partial charge in [0.1, 0.15) is 0 Å². The van der Waals surface area contributed by atoms with Crippen LogP contribution in [-0.2, 0) is 32.7 Å². The first kappa shape index (κ1) is 36.4. The molecule has 2 nitrogen and oxygen atoms in total. The Labute approximate surface area is 145 Å². The Hall–Kier alpha value is 1.02. The van der Waals surface area contributed by atoms with E-state index in [0.29, 0.717) is 0 Å². The van der Waals surface area contributed by atoms with Crippen LogP contribution in [0.1, 0.15) is 61.8 Å². The van der Waals surface area contributed by atoms with E-state index < -0.39 is 0 Å². The van der Waals surface area contributed by atoms with E-state index in [0.717, 1.165) is 0 Å². The van der Waals surface area contributed by atoms with Crippen LogP contribution in [-0.4, -0.2) is 37.0 Å². The second-order valence-electron chi connectivity index (χ2n) is 2.51. The number of hydrogen-bond donors (Lipinski definition) is 0. The molecule has 1 aliphatic heterocycles. The van der Waals surface area contributed by atoms with E-state index in [1.807, 2.05) is 55.4 Å². The molecule has 1 fully saturated rings. The average molecular weight is 337 g/mol. The second kappa shape index (κ2) is 52.0. The van der Waals surface area contributed by atoms with Gasteiger partial charge in [-0.25, -0.2) is 0 Å². The Morgan fingerprint density at radius 1 is 0.778 bits per heavy atom. The van der Waals surface area contributed by atoms with E-state index in [2.05, 4.69) is 26.0 Å². The summed E-state index contributed by atoms with van der Waals surface area (Å²) in [7, 11) is 10.6. The number of hydrogen-bond acceptors (Lipinski definition) is 2. The molecule has 0 aromatic rings. The van der Waals surface area contributed by atoms with Crippen LogP contribution in [0.2, 0.25) is 0 Å². The standard InChI is InChI=1S/C4H9N.C3H7N.4C2H6.Y/c1-5-3-2-4-5;1-4(2)3;4*1-2;/h2-4H2,1H3;1-2H2,3H3;4*1-2H3;/q;-2;;;;;. The molecule has 0 aromatic carbocycles. The number of rotatable bonds is 0. The Morgan fingerprint density at radius 3 is 0.889 bits per heavy atom. The summed E-state index contributed by atoms with van der Waals surface area (Å²) in [6.07, 6.45) is 1.41. The minimum Gasteiger partial charge on any atom is -0.613 e. The molecule has 1 aliphatic rings. The molecular weight excluding hydrogens is 297 g/mol. The topological polar surface area (TPSA) is 6.48 Å². The molecule has 1 rings (SSSR count). The van der Waals surface area contributed by atoms with Gasteiger partial charge >= 0.3 is 0 Å². The van der Waals surface area contributed by atoms with E-state index >= 15 is 0 Å². The Kier molecular flexibility index (Phi) is 105. The smallest absolute Gasteiger partial charge is 0 e. The molecule has 3 heteroatoms. The van der Waals surface area contributed by atoms with Gasteiger partial charge in [-0.2, -0.15) is 0 Å². The van der Waals surface area contributed by atoms with E-state index in [4.69, 9.17) is 0 Å². The van der Waals surface area contributed by atoms with Crippen molar-refractivity contribution in [3.05, 3.63) is 14.1 Å². The summed E-state index contributed by atoms with van der Waals surface area (Å²) in [6.45, 7) is 18.6. The summed E-state index contributed by atoms with van der Waals surface area (Å²) >= 11 is 0. The molecule has 0 unspecified atom stereocenters. The van der Waals surface area contributed by atoms with Crippen molar-refractivity contribution in [1.82, 2.24) is 9.80 Å². The van der Waals surface area contributed by atoms with Crippen molar-refractivity contribution >= 4 is 0 Å². The fourth-order valence-electron chi connectivity index (χ4n) is 0.474. The second-order valence-corrected chi connectivity index (χ2v) is 2.51. The third-order valence-corrected chi connectivity index (χ3v) is 1.08. The van der Waals surface area contributed by atoms with E-state index in [1.54, 1.807) is 7.05 Å². The van der Waals surface area contributed by atoms with E-state index in [9.17, 15) is 0 Å². The molecule has 0 saturated carbocycles. The summed E-state index contributed by atoms with van der Waals surface area (Å²) in [6, 6.07) is 0. The van der Waals surface area contributed by atoms with E-state index in [-0.39, 0.29) is 32.7 Å². The first-order valence-corrected chi connectivity index (χ1v) is 7.16. The van der Waals surface area contributed by atoms with Crippen LogP contribution < -0.4 is 0 Å². The molecule has 1 saturated heterocycles. The largest absolute Gasteiger partial charge is 0.613 e. The van der Waals surface area contributed by atoms with Crippen molar-refractivity contribution in [2.75, 3.05) is 27.2 Å². The fourth-order valence-corrected chi connectivity index (χ4v) is 0.474. The maximum atomic E-state index is 3.36. The summed E-state index contributed by atoms with van der Waals surface area (Å²) in [5.74, 6) is 0. The van der Waals surface area contributed by atoms with Crippen LogP contribution in [0.25, 0.3) is 0 Å². The summed E-state index contributed by atoms with van der Waals surface area (Å²) in [4.78, 5) is 3.81. The summed E-state index contributed by atoms with van der Waals surface area (Å²) in [5, 5.41) is 0. The Balaban J connectivity index is -0.0000000255. The molecule has 1 radical (unpaired) electrons. The zero-order valence-electron chi connectivity index (χ0n) is 15.0. The normalized spacial score (nSPS) is 10.5. The van der Waals surface area contributed by atoms with Crippen LogP contribution in [0.15, 0.2) is 0 Å². The monoisotopic (exact) mass is 337 g/mol. The number of nitrogens with zero attached hydrogens (tertiary/aromatic N) is 2. The predicted octanol–water partition coefficient (Wildman–Crippen LogP) is 4.93. The van der Waals surface area contributed by atoms with Crippen LogP contribution in [0, 0.1) is 14.1 Å². The van der Waals surface area contributed by atoms with Crippen LogP contribution in [0.3, 0.4) is 0 Å². The molecule has 0 bridgehead atoms. The van der Waals surface area contributed by atoms with Gasteiger partial charge in [0.15, 0.2) is 0 Å². The predicted molar refractivity (Wildman–Crippen MR) is 86.0 cm³/mol. The van der Waals surface area contributed by atoms with E-state index in [1.165, 1.54) is 24.4 Å². The molecule has 0 aliphatic carbocycles. The molecule has 0 atom stereocenters. The van der Waals surface area contributed by atoms with Gasteiger partial charge in [-0.3, -0.25) is 0 Å². The van der Waals surface area contributed by atoms with Crippen molar-refractivity contribution in [2.24, 2.45) is 0 Å². The molecule has 0 amide bonds. The maximum Gasteiger partial charge on any atom is 0 e. The van der Waals surface area contributed by atoms with Gasteiger partial charge in [-0.15, -0.1) is 0 Å². The van der Waals surface area contributed by atoms with Crippen LogP contribution in [0.5, 0.6) is 0 Å². The fraction of sp³-hybridized carbons (Fsp3) is 0.867. The molecule has 0 aromatic heterocycles. The third kappa shape index (κ3) is 88.6. The van der Waals surface area contributed by atoms with Crippen molar-refractivity contribution in [3.8, 4) is 0 Å². The first-order valence-electron chi connectivity index (χ1n) is 7.16. The SMILES string of the molecule is CC.CC.CC.CC.CN1CCC1.[CH2-]N([CH2-])C.[Y]. The van der Waals surface area contributed by atoms with Gasteiger partial charge in [0.05, 0.1) is 0 Å². The quantitative estimate of drug-likeness (QED) is 0.579. The molecule has 1 heterocycles. The Morgan fingerprint density at radius 2 is 0.889 bits per heavy atom. The minimum absolute atomic E-state index is 0. The third-order valence-electron chi connectivity index (χ3n) is 1.08. The minimum atomic E-state index is 0. The van der Waals surface area contributed by atoms with Gasteiger partial charge < -0.3 is 23.9 Å². The zero-order valence-corrected chi connectivity index (χ0v) is 17.8. The van der Waals surface area contributed by atoms with Crippen LogP contribution >= 0.6 is 0 Å². The van der Waals surface area contributed by atoms with Crippen LogP contribution in [0.4, 0.5) is 0 Å². The molecule has 18 heavy (non-hydrogen) atoms. The summed E-state index contributed by atoms with van der Waals surface area (Å²) < 4.78 is 0. The van der Waals surface area contributed by atoms with Gasteiger partial charge in [-0.05, 0) is 26.6 Å². The van der Waals surface area contributed by atoms with Crippen molar-refractivity contribution in [3.63, 3.8) is 0 Å². The van der Waals surface area contributed by atoms with Gasteiger partial charge in [-0.1, -0.05) is 62.4 Å². The van der Waals surface area contributed by atoms with Gasteiger partial charge in [0, 0.05) is 32.7 Å². The molecule has 115 valence electrons. The molecular formula is C15H40N2Y-2. The number of likely N-dealkylation sites (tertiary alicyclic amines) is 1. The van der Waals surface area contributed by atoms with Crippen molar-refractivity contribution in [2.45, 2.75) is 61.8 Å². The average Bonchev–Trinajstić information content (AvgIpc) is 2.36. The first-order chi connectivity index (χ1) is 8.13. The van der Waals surface area contributed by atoms with Gasteiger partial charge in [0.25, 0.3) is 0 Å². The molecule has 0 N–H and O–H groups in total. The van der Waals surface area contributed by atoms with Crippen molar-refractivity contribution < 1.29 is 32.7 Å². The zero-order chi connectivity index (χ0) is 15.3. The Bertz CT molecular complexity index is 62.8. The molecule has 0 spiro atoms. The van der Waals surface area contributed by atoms with Gasteiger partial charge in [0.2, 0.25) is 0 Å². The summed E-state index contributed by atoms with van der Waals surface area (Å²) in [5.41, 5.74) is 0. The van der Waals surface area contributed by atoms with Crippen molar-refractivity contribution in [1.29, 1.82) is 0 Å².